The first-order valence-electron chi connectivity index (χ1n) is 9.21. The van der Waals surface area contributed by atoms with Crippen LogP contribution in [-0.2, 0) is 0 Å². The third-order valence-corrected chi connectivity index (χ3v) is 5.64. The van der Waals surface area contributed by atoms with Crippen molar-refractivity contribution in [3.63, 3.8) is 0 Å². The largest absolute Gasteiger partial charge is 0.352 e. The van der Waals surface area contributed by atoms with Crippen molar-refractivity contribution in [1.29, 1.82) is 0 Å². The Labute approximate surface area is 164 Å². The van der Waals surface area contributed by atoms with Gasteiger partial charge in [-0.15, -0.1) is 11.8 Å². The molecule has 1 aromatic carbocycles. The molecule has 2 heterocycles. The van der Waals surface area contributed by atoms with E-state index in [4.69, 9.17) is 0 Å². The first-order valence-corrected chi connectivity index (χ1v) is 10.4. The number of nitrogens with zero attached hydrogens (tertiary/aromatic N) is 2. The highest BCUT2D eigenvalue weighted by atomic mass is 32.2. The van der Waals surface area contributed by atoms with Gasteiger partial charge in [0, 0.05) is 31.4 Å². The molecule has 1 saturated heterocycles. The van der Waals surface area contributed by atoms with Crippen molar-refractivity contribution in [3.05, 3.63) is 59.3 Å². The van der Waals surface area contributed by atoms with Crippen molar-refractivity contribution in [2.24, 2.45) is 5.92 Å². The lowest BCUT2D eigenvalue weighted by Crippen LogP contribution is -2.41. The van der Waals surface area contributed by atoms with E-state index in [2.05, 4.69) is 10.3 Å². The normalized spacial score (nSPS) is 14.8. The molecule has 142 valence electrons. The van der Waals surface area contributed by atoms with Crippen molar-refractivity contribution < 1.29 is 9.59 Å². The van der Waals surface area contributed by atoms with Gasteiger partial charge in [0.05, 0.1) is 5.56 Å². The molecular formula is C21H25N3O2S. The molecule has 5 nitrogen and oxygen atoms in total. The van der Waals surface area contributed by atoms with Crippen LogP contribution in [-0.4, -0.2) is 47.6 Å². The van der Waals surface area contributed by atoms with E-state index in [9.17, 15) is 9.59 Å². The van der Waals surface area contributed by atoms with Gasteiger partial charge in [0.15, 0.2) is 0 Å². The summed E-state index contributed by atoms with van der Waals surface area (Å²) in [6, 6.07) is 11.3. The molecular weight excluding hydrogens is 358 g/mol. The molecule has 1 aliphatic rings. The third-order valence-electron chi connectivity index (χ3n) is 4.93. The Hall–Kier alpha value is -2.34. The Kier molecular flexibility index (Phi) is 6.50. The summed E-state index contributed by atoms with van der Waals surface area (Å²) in [5.74, 6) is 0.420. The fourth-order valence-electron chi connectivity index (χ4n) is 3.35. The molecule has 0 saturated carbocycles. The number of pyridine rings is 1. The number of hydrogen-bond donors (Lipinski definition) is 1. The number of rotatable bonds is 5. The van der Waals surface area contributed by atoms with Gasteiger partial charge in [0.1, 0.15) is 5.03 Å². The highest BCUT2D eigenvalue weighted by molar-refractivity contribution is 7.98. The topological polar surface area (TPSA) is 62.3 Å². The Morgan fingerprint density at radius 1 is 1.22 bits per heavy atom. The SMILES string of the molecule is CSc1ncccc1C(=O)N1CCC(CNC(=O)c2cccc(C)c2)CC1. The summed E-state index contributed by atoms with van der Waals surface area (Å²) in [5.41, 5.74) is 2.45. The van der Waals surface area contributed by atoms with Gasteiger partial charge in [0.2, 0.25) is 0 Å². The molecule has 27 heavy (non-hydrogen) atoms. The van der Waals surface area contributed by atoms with E-state index < -0.39 is 0 Å². The third kappa shape index (κ3) is 4.89. The highest BCUT2D eigenvalue weighted by Gasteiger charge is 2.25. The number of likely N-dealkylation sites (tertiary alicyclic amines) is 1. The van der Waals surface area contributed by atoms with Crippen LogP contribution in [0.4, 0.5) is 0 Å². The van der Waals surface area contributed by atoms with E-state index in [0.717, 1.165) is 23.4 Å². The number of thioether (sulfide) groups is 1. The number of hydrogen-bond acceptors (Lipinski definition) is 4. The molecule has 1 aliphatic heterocycles. The number of aromatic nitrogens is 1. The second-order valence-corrected chi connectivity index (χ2v) is 7.67. The average molecular weight is 384 g/mol. The summed E-state index contributed by atoms with van der Waals surface area (Å²) in [7, 11) is 0. The summed E-state index contributed by atoms with van der Waals surface area (Å²) >= 11 is 1.49. The van der Waals surface area contributed by atoms with E-state index in [-0.39, 0.29) is 11.8 Å². The van der Waals surface area contributed by atoms with Crippen molar-refractivity contribution in [2.75, 3.05) is 25.9 Å². The number of benzene rings is 1. The molecule has 0 spiro atoms. The van der Waals surface area contributed by atoms with Crippen molar-refractivity contribution in [1.82, 2.24) is 15.2 Å². The molecule has 0 atom stereocenters. The molecule has 0 aliphatic carbocycles. The van der Waals surface area contributed by atoms with E-state index >= 15 is 0 Å². The summed E-state index contributed by atoms with van der Waals surface area (Å²) in [4.78, 5) is 31.2. The van der Waals surface area contributed by atoms with Crippen molar-refractivity contribution in [2.45, 2.75) is 24.8 Å². The van der Waals surface area contributed by atoms with Crippen LogP contribution in [0, 0.1) is 12.8 Å². The molecule has 1 N–H and O–H groups in total. The zero-order valence-corrected chi connectivity index (χ0v) is 16.6. The molecule has 0 radical (unpaired) electrons. The van der Waals surface area contributed by atoms with Gasteiger partial charge in [0.25, 0.3) is 11.8 Å². The molecule has 6 heteroatoms. The molecule has 0 bridgehead atoms. The summed E-state index contributed by atoms with van der Waals surface area (Å²) in [5, 5.41) is 3.81. The minimum atomic E-state index is -0.0304. The van der Waals surface area contributed by atoms with Crippen LogP contribution < -0.4 is 5.32 Å². The predicted octanol–water partition coefficient (Wildman–Crippen LogP) is 3.39. The van der Waals surface area contributed by atoms with Gasteiger partial charge in [-0.05, 0) is 56.2 Å². The standard InChI is InChI=1S/C21H25N3O2S/c1-15-5-3-6-17(13-15)19(25)23-14-16-8-11-24(12-9-16)21(26)18-7-4-10-22-20(18)27-2/h3-7,10,13,16H,8-9,11-12,14H2,1-2H3,(H,23,25). The second kappa shape index (κ2) is 9.04. The van der Waals surface area contributed by atoms with Gasteiger partial charge < -0.3 is 10.2 Å². The number of nitrogens with one attached hydrogen (secondary N) is 1. The lowest BCUT2D eigenvalue weighted by Gasteiger charge is -2.32. The minimum Gasteiger partial charge on any atom is -0.352 e. The zero-order valence-electron chi connectivity index (χ0n) is 15.8. The van der Waals surface area contributed by atoms with Gasteiger partial charge in [-0.1, -0.05) is 17.7 Å². The summed E-state index contributed by atoms with van der Waals surface area (Å²) < 4.78 is 0. The number of amides is 2. The zero-order chi connectivity index (χ0) is 19.2. The van der Waals surface area contributed by atoms with Crippen LogP contribution >= 0.6 is 11.8 Å². The minimum absolute atomic E-state index is 0.0304. The average Bonchev–Trinajstić information content (AvgIpc) is 2.71. The van der Waals surface area contributed by atoms with E-state index in [1.165, 1.54) is 11.8 Å². The van der Waals surface area contributed by atoms with Gasteiger partial charge in [-0.3, -0.25) is 9.59 Å². The maximum Gasteiger partial charge on any atom is 0.256 e. The highest BCUT2D eigenvalue weighted by Crippen LogP contribution is 2.22. The monoisotopic (exact) mass is 383 g/mol. The Morgan fingerprint density at radius 2 is 2.00 bits per heavy atom. The molecule has 2 aromatic rings. The van der Waals surface area contributed by atoms with Crippen molar-refractivity contribution >= 4 is 23.6 Å². The first-order chi connectivity index (χ1) is 13.1. The fraction of sp³-hybridized carbons (Fsp3) is 0.381. The maximum absolute atomic E-state index is 12.8. The number of carbonyl (C=O) groups excluding carboxylic acids is 2. The lowest BCUT2D eigenvalue weighted by atomic mass is 9.96. The van der Waals surface area contributed by atoms with E-state index in [0.29, 0.717) is 36.7 Å². The fourth-order valence-corrected chi connectivity index (χ4v) is 3.89. The van der Waals surface area contributed by atoms with Crippen LogP contribution in [0.15, 0.2) is 47.6 Å². The summed E-state index contributed by atoms with van der Waals surface area (Å²) in [6.45, 7) is 4.06. The van der Waals surface area contributed by atoms with E-state index in [1.54, 1.807) is 12.3 Å². The molecule has 3 rings (SSSR count). The number of aryl methyl sites for hydroxylation is 1. The van der Waals surface area contributed by atoms with Gasteiger partial charge >= 0.3 is 0 Å². The maximum atomic E-state index is 12.8. The van der Waals surface area contributed by atoms with Crippen LogP contribution in [0.3, 0.4) is 0 Å². The molecule has 0 unspecified atom stereocenters. The number of piperidine rings is 1. The van der Waals surface area contributed by atoms with Gasteiger partial charge in [-0.2, -0.15) is 0 Å². The van der Waals surface area contributed by atoms with Crippen LogP contribution in [0.2, 0.25) is 0 Å². The molecule has 2 amide bonds. The Bertz CT molecular complexity index is 817. The smallest absolute Gasteiger partial charge is 0.256 e. The van der Waals surface area contributed by atoms with Crippen LogP contribution in [0.5, 0.6) is 0 Å². The van der Waals surface area contributed by atoms with Crippen LogP contribution in [0.1, 0.15) is 39.1 Å². The number of carbonyl (C=O) groups is 2. The second-order valence-electron chi connectivity index (χ2n) is 6.88. The Morgan fingerprint density at radius 3 is 2.70 bits per heavy atom. The predicted molar refractivity (Wildman–Crippen MR) is 108 cm³/mol. The van der Waals surface area contributed by atoms with E-state index in [1.807, 2.05) is 48.4 Å². The first kappa shape index (κ1) is 19.4. The van der Waals surface area contributed by atoms with Crippen LogP contribution in [0.25, 0.3) is 0 Å². The summed E-state index contributed by atoms with van der Waals surface area (Å²) in [6.07, 6.45) is 5.44. The quantitative estimate of drug-likeness (QED) is 0.804. The van der Waals surface area contributed by atoms with Gasteiger partial charge in [-0.25, -0.2) is 4.98 Å². The molecule has 1 fully saturated rings. The lowest BCUT2D eigenvalue weighted by molar-refractivity contribution is 0.0680. The van der Waals surface area contributed by atoms with Crippen molar-refractivity contribution in [3.8, 4) is 0 Å². The Balaban J connectivity index is 1.50. The molecule has 1 aromatic heterocycles.